The number of aromatic nitrogens is 1. The Balaban J connectivity index is 1.41. The van der Waals surface area contributed by atoms with Gasteiger partial charge in [0.2, 0.25) is 0 Å². The minimum atomic E-state index is -0.523. The Kier molecular flexibility index (Phi) is 4.81. The topological polar surface area (TPSA) is 71.2 Å². The summed E-state index contributed by atoms with van der Waals surface area (Å²) in [5, 5.41) is 5.89. The Morgan fingerprint density at radius 1 is 0.964 bits per heavy atom. The number of carbonyl (C=O) groups excluding carboxylic acids is 2. The Morgan fingerprint density at radius 2 is 1.68 bits per heavy atom. The molecule has 1 amide bonds. The molecular weight excluding hydrogens is 352 g/mol. The fourth-order valence-corrected chi connectivity index (χ4v) is 3.44. The van der Waals surface area contributed by atoms with Crippen LogP contribution in [0, 0.1) is 0 Å². The predicted octanol–water partition coefficient (Wildman–Crippen LogP) is 4.36. The summed E-state index contributed by atoms with van der Waals surface area (Å²) >= 11 is 0. The average Bonchev–Trinajstić information content (AvgIpc) is 3.16. The van der Waals surface area contributed by atoms with Crippen LogP contribution in [-0.4, -0.2) is 23.5 Å². The van der Waals surface area contributed by atoms with Crippen LogP contribution in [0.4, 0.5) is 0 Å². The van der Waals surface area contributed by atoms with Gasteiger partial charge in [-0.1, -0.05) is 60.7 Å². The molecule has 0 fully saturated rings. The minimum absolute atomic E-state index is 0.203. The average molecular weight is 372 g/mol. The van der Waals surface area contributed by atoms with E-state index in [-0.39, 0.29) is 18.6 Å². The van der Waals surface area contributed by atoms with Gasteiger partial charge in [0.25, 0.3) is 5.91 Å². The van der Waals surface area contributed by atoms with Crippen molar-refractivity contribution in [1.29, 1.82) is 0 Å². The number of carbonyl (C=O) groups is 2. The van der Waals surface area contributed by atoms with Crippen molar-refractivity contribution in [3.8, 4) is 0 Å². The van der Waals surface area contributed by atoms with E-state index in [1.165, 1.54) is 0 Å². The molecule has 0 aliphatic rings. The Hall–Kier alpha value is -3.60. The maximum absolute atomic E-state index is 12.3. The molecule has 0 radical (unpaired) electrons. The van der Waals surface area contributed by atoms with E-state index in [1.807, 2.05) is 73.7 Å². The first-order chi connectivity index (χ1) is 13.6. The number of nitrogens with one attached hydrogen (secondary N) is 2. The first-order valence-electron chi connectivity index (χ1n) is 9.14. The molecule has 5 nitrogen and oxygen atoms in total. The lowest BCUT2D eigenvalue weighted by molar-refractivity contribution is -0.124. The molecule has 4 aromatic rings. The third-order valence-corrected chi connectivity index (χ3v) is 4.81. The smallest absolute Gasteiger partial charge is 0.340 e. The van der Waals surface area contributed by atoms with Crippen LogP contribution in [0.25, 0.3) is 21.7 Å². The van der Waals surface area contributed by atoms with Crippen LogP contribution in [0.15, 0.2) is 72.9 Å². The number of amides is 1. The highest BCUT2D eigenvalue weighted by Gasteiger charge is 2.17. The van der Waals surface area contributed by atoms with Gasteiger partial charge < -0.3 is 15.0 Å². The summed E-state index contributed by atoms with van der Waals surface area (Å²) in [5.74, 6) is -0.862. The molecule has 140 valence electrons. The third-order valence-electron chi connectivity index (χ3n) is 4.81. The normalized spacial score (nSPS) is 12.0. The minimum Gasteiger partial charge on any atom is -0.452 e. The molecule has 5 heteroatoms. The molecule has 0 aliphatic carbocycles. The molecule has 0 bridgehead atoms. The van der Waals surface area contributed by atoms with Crippen LogP contribution in [0.3, 0.4) is 0 Å². The molecule has 1 aromatic heterocycles. The van der Waals surface area contributed by atoms with Crippen molar-refractivity contribution in [3.63, 3.8) is 0 Å². The van der Waals surface area contributed by atoms with Crippen LogP contribution in [0.2, 0.25) is 0 Å². The number of esters is 1. The molecule has 0 aliphatic heterocycles. The zero-order chi connectivity index (χ0) is 19.5. The lowest BCUT2D eigenvalue weighted by Crippen LogP contribution is -2.31. The van der Waals surface area contributed by atoms with Crippen LogP contribution in [0.5, 0.6) is 0 Å². The summed E-state index contributed by atoms with van der Waals surface area (Å²) in [6.07, 6.45) is 1.60. The van der Waals surface area contributed by atoms with Gasteiger partial charge in [0.05, 0.1) is 11.6 Å². The van der Waals surface area contributed by atoms with Gasteiger partial charge in [-0.25, -0.2) is 4.79 Å². The quantitative estimate of drug-likeness (QED) is 0.512. The van der Waals surface area contributed by atoms with Crippen molar-refractivity contribution in [2.45, 2.75) is 13.0 Å². The number of benzene rings is 3. The molecule has 1 heterocycles. The van der Waals surface area contributed by atoms with E-state index in [4.69, 9.17) is 4.74 Å². The summed E-state index contributed by atoms with van der Waals surface area (Å²) < 4.78 is 5.21. The molecule has 28 heavy (non-hydrogen) atoms. The van der Waals surface area contributed by atoms with Crippen molar-refractivity contribution >= 4 is 33.6 Å². The first-order valence-corrected chi connectivity index (χ1v) is 9.14. The summed E-state index contributed by atoms with van der Waals surface area (Å²) in [4.78, 5) is 27.7. The van der Waals surface area contributed by atoms with Crippen molar-refractivity contribution in [3.05, 3.63) is 84.1 Å². The van der Waals surface area contributed by atoms with Crippen molar-refractivity contribution in [2.75, 3.05) is 6.61 Å². The van der Waals surface area contributed by atoms with Gasteiger partial charge in [-0.05, 0) is 29.3 Å². The van der Waals surface area contributed by atoms with Crippen molar-refractivity contribution in [2.24, 2.45) is 0 Å². The summed E-state index contributed by atoms with van der Waals surface area (Å²) in [7, 11) is 0. The number of aromatic amines is 1. The van der Waals surface area contributed by atoms with E-state index in [9.17, 15) is 9.59 Å². The van der Waals surface area contributed by atoms with Gasteiger partial charge in [0, 0.05) is 17.1 Å². The maximum atomic E-state index is 12.3. The fourth-order valence-electron chi connectivity index (χ4n) is 3.44. The molecule has 1 unspecified atom stereocenters. The molecule has 2 N–H and O–H groups in total. The highest BCUT2D eigenvalue weighted by molar-refractivity contribution is 6.04. The van der Waals surface area contributed by atoms with E-state index in [1.54, 1.807) is 6.20 Å². The van der Waals surface area contributed by atoms with Crippen LogP contribution in [0.1, 0.15) is 28.9 Å². The Bertz CT molecular complexity index is 1160. The number of para-hydroxylation sites is 1. The van der Waals surface area contributed by atoms with Gasteiger partial charge in [-0.15, -0.1) is 0 Å². The zero-order valence-corrected chi connectivity index (χ0v) is 15.4. The monoisotopic (exact) mass is 372 g/mol. The van der Waals surface area contributed by atoms with E-state index in [0.29, 0.717) is 5.56 Å². The van der Waals surface area contributed by atoms with Gasteiger partial charge in [0.1, 0.15) is 0 Å². The van der Waals surface area contributed by atoms with Crippen LogP contribution in [-0.2, 0) is 9.53 Å². The molecule has 4 rings (SSSR count). The lowest BCUT2D eigenvalue weighted by atomic mass is 10.00. The SMILES string of the molecule is CC(NC(=O)COC(=O)c1c[nH]c2ccccc12)c1cccc2ccccc12. The van der Waals surface area contributed by atoms with Gasteiger partial charge in [-0.3, -0.25) is 4.79 Å². The number of hydrogen-bond donors (Lipinski definition) is 2. The largest absolute Gasteiger partial charge is 0.452 e. The summed E-state index contributed by atoms with van der Waals surface area (Å²) in [5.41, 5.74) is 2.29. The molecule has 0 saturated heterocycles. The number of ether oxygens (including phenoxy) is 1. The molecule has 3 aromatic carbocycles. The first kappa shape index (κ1) is 17.8. The fraction of sp³-hybridized carbons (Fsp3) is 0.130. The van der Waals surface area contributed by atoms with Gasteiger partial charge in [0.15, 0.2) is 6.61 Å². The highest BCUT2D eigenvalue weighted by Crippen LogP contribution is 2.24. The van der Waals surface area contributed by atoms with E-state index < -0.39 is 5.97 Å². The number of H-pyrrole nitrogens is 1. The summed E-state index contributed by atoms with van der Waals surface area (Å²) in [6.45, 7) is 1.59. The Morgan fingerprint density at radius 3 is 2.54 bits per heavy atom. The molecule has 0 spiro atoms. The second kappa shape index (κ2) is 7.56. The van der Waals surface area contributed by atoms with Crippen LogP contribution < -0.4 is 5.32 Å². The zero-order valence-electron chi connectivity index (χ0n) is 15.4. The number of hydrogen-bond acceptors (Lipinski definition) is 3. The van der Waals surface area contributed by atoms with Gasteiger partial charge >= 0.3 is 5.97 Å². The molecule has 1 atom stereocenters. The van der Waals surface area contributed by atoms with E-state index >= 15 is 0 Å². The van der Waals surface area contributed by atoms with Crippen molar-refractivity contribution < 1.29 is 14.3 Å². The van der Waals surface area contributed by atoms with Gasteiger partial charge in [-0.2, -0.15) is 0 Å². The third kappa shape index (κ3) is 3.47. The lowest BCUT2D eigenvalue weighted by Gasteiger charge is -2.16. The molecular formula is C23H20N2O3. The number of rotatable bonds is 5. The van der Waals surface area contributed by atoms with E-state index in [0.717, 1.165) is 27.2 Å². The predicted molar refractivity (Wildman–Crippen MR) is 109 cm³/mol. The summed E-state index contributed by atoms with van der Waals surface area (Å²) in [6, 6.07) is 21.3. The Labute approximate surface area is 162 Å². The second-order valence-corrected chi connectivity index (χ2v) is 6.68. The number of fused-ring (bicyclic) bond motifs is 2. The standard InChI is InChI=1S/C23H20N2O3/c1-15(17-11-6-8-16-7-2-3-9-18(16)17)25-22(26)14-28-23(27)20-13-24-21-12-5-4-10-19(20)21/h2-13,15,24H,14H2,1H3,(H,25,26). The second-order valence-electron chi connectivity index (χ2n) is 6.68. The highest BCUT2D eigenvalue weighted by atomic mass is 16.5. The maximum Gasteiger partial charge on any atom is 0.340 e. The molecule has 0 saturated carbocycles. The van der Waals surface area contributed by atoms with Crippen LogP contribution >= 0.6 is 0 Å². The van der Waals surface area contributed by atoms with E-state index in [2.05, 4.69) is 10.3 Å². The van der Waals surface area contributed by atoms with Crippen molar-refractivity contribution in [1.82, 2.24) is 10.3 Å².